The molecule has 31 heavy (non-hydrogen) atoms. The van der Waals surface area contributed by atoms with Gasteiger partial charge < -0.3 is 4.74 Å². The molecule has 1 fully saturated rings. The number of nitrogens with zero attached hydrogens (tertiary/aromatic N) is 2. The van der Waals surface area contributed by atoms with Crippen molar-refractivity contribution in [1.82, 2.24) is 0 Å². The summed E-state index contributed by atoms with van der Waals surface area (Å²) in [5, 5.41) is 0. The van der Waals surface area contributed by atoms with Crippen LogP contribution in [0.4, 0.5) is 16.2 Å². The van der Waals surface area contributed by atoms with Gasteiger partial charge in [0.1, 0.15) is 5.75 Å². The molecule has 2 aliphatic heterocycles. The molecule has 5 rings (SSSR count). The third-order valence-corrected chi connectivity index (χ3v) is 5.36. The summed E-state index contributed by atoms with van der Waals surface area (Å²) in [6.45, 7) is 3.85. The summed E-state index contributed by atoms with van der Waals surface area (Å²) in [5.41, 5.74) is 3.19. The first-order chi connectivity index (χ1) is 15.0. The van der Waals surface area contributed by atoms with E-state index in [2.05, 4.69) is 0 Å². The number of carbonyl (C=O) groups is 3. The van der Waals surface area contributed by atoms with Gasteiger partial charge >= 0.3 is 6.03 Å². The number of hydrogen-bond donors (Lipinski definition) is 0. The van der Waals surface area contributed by atoms with Crippen LogP contribution in [0.1, 0.15) is 21.5 Å². The molecule has 0 N–H and O–H groups in total. The summed E-state index contributed by atoms with van der Waals surface area (Å²) in [6.07, 6.45) is 0. The molecule has 0 bridgehead atoms. The molecule has 3 amide bonds. The molecule has 0 aromatic heterocycles. The lowest BCUT2D eigenvalue weighted by Crippen LogP contribution is -2.32. The highest BCUT2D eigenvalue weighted by Crippen LogP contribution is 2.39. The van der Waals surface area contributed by atoms with Gasteiger partial charge in [0.15, 0.2) is 5.70 Å². The van der Waals surface area contributed by atoms with E-state index in [-0.39, 0.29) is 11.5 Å². The Bertz CT molecular complexity index is 1270. The van der Waals surface area contributed by atoms with Crippen LogP contribution in [0, 0.1) is 13.8 Å². The fourth-order valence-corrected chi connectivity index (χ4v) is 3.72. The van der Waals surface area contributed by atoms with E-state index in [0.717, 1.165) is 16.0 Å². The molecule has 0 radical (unpaired) electrons. The zero-order valence-corrected chi connectivity index (χ0v) is 17.0. The Kier molecular flexibility index (Phi) is 4.22. The van der Waals surface area contributed by atoms with Crippen LogP contribution in [0.5, 0.6) is 5.75 Å². The summed E-state index contributed by atoms with van der Waals surface area (Å²) in [4.78, 5) is 42.4. The van der Waals surface area contributed by atoms with Crippen LogP contribution in [0.3, 0.4) is 0 Å². The van der Waals surface area contributed by atoms with Crippen molar-refractivity contribution in [2.75, 3.05) is 9.80 Å². The molecule has 0 aliphatic carbocycles. The van der Waals surface area contributed by atoms with Gasteiger partial charge in [-0.25, -0.2) is 9.69 Å². The lowest BCUT2D eigenvalue weighted by Gasteiger charge is -2.18. The summed E-state index contributed by atoms with van der Waals surface area (Å²) in [6, 6.07) is 20.4. The van der Waals surface area contributed by atoms with Crippen molar-refractivity contribution >= 4 is 29.1 Å². The Labute approximate surface area is 179 Å². The number of ketones is 1. The maximum atomic E-state index is 13.5. The second kappa shape index (κ2) is 6.95. The molecule has 0 unspecified atom stereocenters. The maximum Gasteiger partial charge on any atom is 0.341 e. The van der Waals surface area contributed by atoms with Crippen LogP contribution >= 0.6 is 0 Å². The van der Waals surface area contributed by atoms with E-state index in [1.165, 1.54) is 4.90 Å². The molecule has 0 saturated carbocycles. The van der Waals surface area contributed by atoms with Gasteiger partial charge in [0.2, 0.25) is 11.5 Å². The van der Waals surface area contributed by atoms with Crippen LogP contribution in [0.2, 0.25) is 0 Å². The number of aryl methyl sites for hydroxylation is 2. The second-order valence-electron chi connectivity index (χ2n) is 7.53. The summed E-state index contributed by atoms with van der Waals surface area (Å²) < 4.78 is 5.79. The lowest BCUT2D eigenvalue weighted by atomic mass is 10.1. The van der Waals surface area contributed by atoms with Gasteiger partial charge in [0.05, 0.1) is 16.9 Å². The van der Waals surface area contributed by atoms with Gasteiger partial charge in [-0.05, 0) is 50.2 Å². The van der Waals surface area contributed by atoms with Gasteiger partial charge in [0, 0.05) is 0 Å². The largest absolute Gasteiger partial charge is 0.450 e. The normalized spacial score (nSPS) is 17.9. The number of imide groups is 1. The van der Waals surface area contributed by atoms with Crippen molar-refractivity contribution in [3.63, 3.8) is 0 Å². The molecule has 152 valence electrons. The van der Waals surface area contributed by atoms with E-state index in [0.29, 0.717) is 22.7 Å². The molecule has 2 heterocycles. The number of rotatable bonds is 2. The molecule has 1 saturated heterocycles. The van der Waals surface area contributed by atoms with E-state index in [9.17, 15) is 14.4 Å². The predicted molar refractivity (Wildman–Crippen MR) is 116 cm³/mol. The minimum absolute atomic E-state index is 0.0874. The number of benzene rings is 3. The zero-order chi connectivity index (χ0) is 21.7. The first kappa shape index (κ1) is 18.8. The number of fused-ring (bicyclic) bond motifs is 1. The fraction of sp³-hybridized carbons (Fsp3) is 0.0800. The van der Waals surface area contributed by atoms with Gasteiger partial charge in [-0.1, -0.05) is 47.5 Å². The first-order valence-electron chi connectivity index (χ1n) is 9.83. The molecule has 6 nitrogen and oxygen atoms in total. The predicted octanol–water partition coefficient (Wildman–Crippen LogP) is 4.76. The second-order valence-corrected chi connectivity index (χ2v) is 7.53. The Morgan fingerprint density at radius 2 is 1.23 bits per heavy atom. The van der Waals surface area contributed by atoms with Gasteiger partial charge in [-0.2, -0.15) is 0 Å². The van der Waals surface area contributed by atoms with E-state index in [1.54, 1.807) is 48.5 Å². The zero-order valence-electron chi connectivity index (χ0n) is 17.0. The topological polar surface area (TPSA) is 66.9 Å². The standard InChI is InChI=1S/C25H18N2O4/c1-15-7-11-17(12-8-15)26-21(23-22(28)19-5-3-4-6-20(19)31-23)24(29)27(25(26)30)18-13-9-16(2)10-14-18/h3-14H,1-2H3/b23-21+. The van der Waals surface area contributed by atoms with E-state index < -0.39 is 17.7 Å². The van der Waals surface area contributed by atoms with E-state index in [4.69, 9.17) is 4.74 Å². The van der Waals surface area contributed by atoms with Crippen molar-refractivity contribution < 1.29 is 19.1 Å². The number of allylic oxidation sites excluding steroid dienone is 1. The van der Waals surface area contributed by atoms with Crippen molar-refractivity contribution in [3.8, 4) is 5.75 Å². The average molecular weight is 410 g/mol. The Morgan fingerprint density at radius 3 is 1.81 bits per heavy atom. The number of amides is 3. The highest BCUT2D eigenvalue weighted by molar-refractivity contribution is 6.36. The van der Waals surface area contributed by atoms with Crippen molar-refractivity contribution in [3.05, 3.63) is 101 Å². The lowest BCUT2D eigenvalue weighted by molar-refractivity contribution is -0.114. The number of urea groups is 1. The van der Waals surface area contributed by atoms with Crippen LogP contribution in [-0.4, -0.2) is 17.7 Å². The number of carbonyl (C=O) groups excluding carboxylic acids is 3. The Hall–Kier alpha value is -4.19. The van der Waals surface area contributed by atoms with E-state index >= 15 is 0 Å². The maximum absolute atomic E-state index is 13.5. The number of para-hydroxylation sites is 1. The number of Topliss-reactive ketones (excluding diaryl/α,β-unsaturated/α-hetero) is 1. The SMILES string of the molecule is Cc1ccc(N2C(=O)/C(=C3\Oc4ccccc4C3=O)N(c3ccc(C)cc3)C2=O)cc1. The van der Waals surface area contributed by atoms with Crippen LogP contribution in [-0.2, 0) is 4.79 Å². The van der Waals surface area contributed by atoms with Crippen molar-refractivity contribution in [1.29, 1.82) is 0 Å². The highest BCUT2D eigenvalue weighted by atomic mass is 16.5. The summed E-state index contributed by atoms with van der Waals surface area (Å²) in [5.74, 6) is -0.803. The fourth-order valence-electron chi connectivity index (χ4n) is 3.72. The number of anilines is 2. The van der Waals surface area contributed by atoms with Crippen molar-refractivity contribution in [2.24, 2.45) is 0 Å². The molecular weight excluding hydrogens is 392 g/mol. The first-order valence-corrected chi connectivity index (χ1v) is 9.83. The Morgan fingerprint density at radius 1 is 0.677 bits per heavy atom. The summed E-state index contributed by atoms with van der Waals surface area (Å²) in [7, 11) is 0. The minimum atomic E-state index is -0.606. The van der Waals surface area contributed by atoms with Crippen LogP contribution < -0.4 is 14.5 Å². The Balaban J connectivity index is 1.70. The van der Waals surface area contributed by atoms with Gasteiger partial charge in [-0.15, -0.1) is 0 Å². The molecule has 6 heteroatoms. The third-order valence-electron chi connectivity index (χ3n) is 5.36. The average Bonchev–Trinajstić information content (AvgIpc) is 3.23. The van der Waals surface area contributed by atoms with E-state index in [1.807, 2.05) is 38.1 Å². The quantitative estimate of drug-likeness (QED) is 0.451. The highest BCUT2D eigenvalue weighted by Gasteiger charge is 2.48. The van der Waals surface area contributed by atoms with Crippen LogP contribution in [0.25, 0.3) is 0 Å². The molecule has 3 aromatic carbocycles. The monoisotopic (exact) mass is 410 g/mol. The van der Waals surface area contributed by atoms with Gasteiger partial charge in [0.25, 0.3) is 5.91 Å². The molecule has 0 spiro atoms. The minimum Gasteiger partial charge on any atom is -0.450 e. The number of hydrogen-bond acceptors (Lipinski definition) is 4. The summed E-state index contributed by atoms with van der Waals surface area (Å²) >= 11 is 0. The van der Waals surface area contributed by atoms with Crippen LogP contribution in [0.15, 0.2) is 84.3 Å². The molecule has 2 aliphatic rings. The smallest absolute Gasteiger partial charge is 0.341 e. The van der Waals surface area contributed by atoms with Gasteiger partial charge in [-0.3, -0.25) is 14.5 Å². The molecule has 3 aromatic rings. The number of ether oxygens (including phenoxy) is 1. The molecular formula is C25H18N2O4. The molecule has 0 atom stereocenters. The van der Waals surface area contributed by atoms with Crippen molar-refractivity contribution in [2.45, 2.75) is 13.8 Å². The third kappa shape index (κ3) is 2.92.